The zero-order valence-electron chi connectivity index (χ0n) is 15.7. The van der Waals surface area contributed by atoms with Gasteiger partial charge in [0.2, 0.25) is 0 Å². The number of nitrogens with zero attached hydrogens (tertiary/aromatic N) is 2. The molecule has 1 N–H and O–H groups in total. The van der Waals surface area contributed by atoms with E-state index in [0.29, 0.717) is 11.4 Å². The molecule has 1 amide bonds. The summed E-state index contributed by atoms with van der Waals surface area (Å²) in [5.41, 5.74) is 2.87. The molecule has 0 fully saturated rings. The fourth-order valence-electron chi connectivity index (χ4n) is 2.66. The number of amides is 1. The summed E-state index contributed by atoms with van der Waals surface area (Å²) in [6.45, 7) is 1.51. The van der Waals surface area contributed by atoms with Crippen LogP contribution in [0.25, 0.3) is 16.9 Å². The number of esters is 1. The third-order valence-electron chi connectivity index (χ3n) is 4.04. The van der Waals surface area contributed by atoms with Gasteiger partial charge in [0.15, 0.2) is 6.61 Å². The predicted molar refractivity (Wildman–Crippen MR) is 106 cm³/mol. The number of rotatable bonds is 6. The van der Waals surface area contributed by atoms with Crippen LogP contribution < -0.4 is 5.32 Å². The van der Waals surface area contributed by atoms with E-state index in [1.165, 1.54) is 23.0 Å². The van der Waals surface area contributed by atoms with Crippen molar-refractivity contribution in [1.29, 1.82) is 0 Å². The fourth-order valence-corrected chi connectivity index (χ4v) is 2.66. The van der Waals surface area contributed by atoms with E-state index in [0.717, 1.165) is 11.1 Å². The molecular formula is C22H18FN3O3. The van der Waals surface area contributed by atoms with E-state index in [1.807, 2.05) is 31.2 Å². The van der Waals surface area contributed by atoms with Gasteiger partial charge in [-0.15, -0.1) is 6.42 Å². The highest BCUT2D eigenvalue weighted by Gasteiger charge is 2.21. The molecule has 7 heteroatoms. The number of hydrogen-bond donors (Lipinski definition) is 1. The molecule has 0 bridgehead atoms. The van der Waals surface area contributed by atoms with Crippen molar-refractivity contribution in [3.8, 4) is 29.3 Å². The van der Waals surface area contributed by atoms with Gasteiger partial charge in [-0.3, -0.25) is 4.79 Å². The van der Waals surface area contributed by atoms with Crippen LogP contribution in [0.2, 0.25) is 0 Å². The zero-order chi connectivity index (χ0) is 20.8. The van der Waals surface area contributed by atoms with E-state index in [9.17, 15) is 14.0 Å². The van der Waals surface area contributed by atoms with Crippen molar-refractivity contribution in [2.45, 2.75) is 6.92 Å². The molecule has 0 radical (unpaired) electrons. The van der Waals surface area contributed by atoms with E-state index < -0.39 is 18.5 Å². The monoisotopic (exact) mass is 391 g/mol. The lowest BCUT2D eigenvalue weighted by Gasteiger charge is -2.05. The molecule has 0 aliphatic heterocycles. The number of aryl methyl sites for hydroxylation is 1. The van der Waals surface area contributed by atoms with Gasteiger partial charge >= 0.3 is 5.97 Å². The molecular weight excluding hydrogens is 373 g/mol. The van der Waals surface area contributed by atoms with Crippen molar-refractivity contribution in [3.63, 3.8) is 0 Å². The fraction of sp³-hybridized carbons (Fsp3) is 0.136. The molecule has 3 rings (SSSR count). The number of ether oxygens (including phenoxy) is 1. The highest BCUT2D eigenvalue weighted by Crippen LogP contribution is 2.25. The van der Waals surface area contributed by atoms with Gasteiger partial charge in [0.25, 0.3) is 5.91 Å². The Bertz CT molecular complexity index is 1080. The van der Waals surface area contributed by atoms with Crippen LogP contribution in [-0.2, 0) is 9.53 Å². The minimum Gasteiger partial charge on any atom is -0.452 e. The SMILES string of the molecule is C#CCNC(=O)COC(=O)c1cn(-c2ccc(F)cc2)nc1-c1cccc(C)c1. The number of carbonyl (C=O) groups excluding carboxylic acids is 2. The standard InChI is InChI=1S/C22H18FN3O3/c1-3-11-24-20(27)14-29-22(28)19-13-26(18-9-7-17(23)8-10-18)25-21(19)16-6-4-5-15(2)12-16/h1,4-10,12-13H,11,14H2,2H3,(H,24,27). The maximum atomic E-state index is 13.2. The van der Waals surface area contributed by atoms with Crippen molar-refractivity contribution in [2.75, 3.05) is 13.2 Å². The summed E-state index contributed by atoms with van der Waals surface area (Å²) >= 11 is 0. The number of carbonyl (C=O) groups is 2. The number of benzene rings is 2. The molecule has 0 saturated heterocycles. The summed E-state index contributed by atoms with van der Waals surface area (Å²) in [7, 11) is 0. The average molecular weight is 391 g/mol. The second-order valence-corrected chi connectivity index (χ2v) is 6.24. The van der Waals surface area contributed by atoms with Crippen LogP contribution in [0.15, 0.2) is 54.7 Å². The van der Waals surface area contributed by atoms with Crippen molar-refractivity contribution < 1.29 is 18.7 Å². The van der Waals surface area contributed by atoms with Crippen LogP contribution >= 0.6 is 0 Å². The highest BCUT2D eigenvalue weighted by atomic mass is 19.1. The Morgan fingerprint density at radius 3 is 2.69 bits per heavy atom. The maximum Gasteiger partial charge on any atom is 0.342 e. The van der Waals surface area contributed by atoms with Crippen LogP contribution in [0.5, 0.6) is 0 Å². The molecule has 0 saturated carbocycles. The van der Waals surface area contributed by atoms with Gasteiger partial charge in [0.05, 0.1) is 12.2 Å². The smallest absolute Gasteiger partial charge is 0.342 e. The van der Waals surface area contributed by atoms with Gasteiger partial charge < -0.3 is 10.1 Å². The number of hydrogen-bond acceptors (Lipinski definition) is 4. The van der Waals surface area contributed by atoms with E-state index in [2.05, 4.69) is 16.3 Å². The first kappa shape index (κ1) is 19.8. The summed E-state index contributed by atoms with van der Waals surface area (Å²) in [5, 5.41) is 6.91. The van der Waals surface area contributed by atoms with Crippen LogP contribution in [0.1, 0.15) is 15.9 Å². The lowest BCUT2D eigenvalue weighted by atomic mass is 10.1. The van der Waals surface area contributed by atoms with Gasteiger partial charge in [-0.25, -0.2) is 13.9 Å². The minimum atomic E-state index is -0.703. The molecule has 1 aromatic heterocycles. The van der Waals surface area contributed by atoms with Crippen molar-refractivity contribution in [2.24, 2.45) is 0 Å². The lowest BCUT2D eigenvalue weighted by Crippen LogP contribution is -2.29. The zero-order valence-corrected chi connectivity index (χ0v) is 15.7. The molecule has 1 heterocycles. The number of nitrogens with one attached hydrogen (secondary N) is 1. The van der Waals surface area contributed by atoms with Gasteiger partial charge in [-0.2, -0.15) is 5.10 Å². The van der Waals surface area contributed by atoms with Crippen molar-refractivity contribution in [3.05, 3.63) is 71.7 Å². The van der Waals surface area contributed by atoms with Crippen LogP contribution in [0.3, 0.4) is 0 Å². The number of terminal acetylenes is 1. The molecule has 0 spiro atoms. The highest BCUT2D eigenvalue weighted by molar-refractivity contribution is 5.97. The van der Waals surface area contributed by atoms with Gasteiger partial charge in [0, 0.05) is 11.8 Å². The first-order chi connectivity index (χ1) is 14.0. The quantitative estimate of drug-likeness (QED) is 0.518. The molecule has 0 atom stereocenters. The third kappa shape index (κ3) is 4.87. The second-order valence-electron chi connectivity index (χ2n) is 6.24. The van der Waals surface area contributed by atoms with Crippen LogP contribution in [0.4, 0.5) is 4.39 Å². The van der Waals surface area contributed by atoms with E-state index in [4.69, 9.17) is 11.2 Å². The molecule has 0 aliphatic rings. The van der Waals surface area contributed by atoms with Crippen LogP contribution in [0, 0.1) is 25.1 Å². The summed E-state index contributed by atoms with van der Waals surface area (Å²) in [6.07, 6.45) is 6.57. The van der Waals surface area contributed by atoms with E-state index >= 15 is 0 Å². The topological polar surface area (TPSA) is 73.2 Å². The van der Waals surface area contributed by atoms with E-state index in [-0.39, 0.29) is 17.9 Å². The van der Waals surface area contributed by atoms with Crippen molar-refractivity contribution in [1.82, 2.24) is 15.1 Å². The number of aromatic nitrogens is 2. The Hall–Kier alpha value is -3.92. The maximum absolute atomic E-state index is 13.2. The normalized spacial score (nSPS) is 10.2. The average Bonchev–Trinajstić information content (AvgIpc) is 3.16. The second kappa shape index (κ2) is 8.85. The first-order valence-electron chi connectivity index (χ1n) is 8.78. The van der Waals surface area contributed by atoms with Crippen LogP contribution in [-0.4, -0.2) is 34.8 Å². The third-order valence-corrected chi connectivity index (χ3v) is 4.04. The first-order valence-corrected chi connectivity index (χ1v) is 8.78. The molecule has 0 aliphatic carbocycles. The summed E-state index contributed by atoms with van der Waals surface area (Å²) in [5.74, 6) is 0.686. The minimum absolute atomic E-state index is 0.0490. The van der Waals surface area contributed by atoms with Gasteiger partial charge in [-0.1, -0.05) is 29.7 Å². The largest absolute Gasteiger partial charge is 0.452 e. The Morgan fingerprint density at radius 2 is 2.00 bits per heavy atom. The predicted octanol–water partition coefficient (Wildman–Crippen LogP) is 2.89. The summed E-state index contributed by atoms with van der Waals surface area (Å²) in [4.78, 5) is 24.3. The molecule has 0 unspecified atom stereocenters. The molecule has 2 aromatic carbocycles. The Kier molecular flexibility index (Phi) is 6.05. The Morgan fingerprint density at radius 1 is 1.24 bits per heavy atom. The lowest BCUT2D eigenvalue weighted by molar-refractivity contribution is -0.123. The Balaban J connectivity index is 1.93. The molecule has 6 nitrogen and oxygen atoms in total. The Labute approximate surface area is 167 Å². The van der Waals surface area contributed by atoms with Gasteiger partial charge in [0.1, 0.15) is 17.1 Å². The molecule has 3 aromatic rings. The number of halogens is 1. The summed E-state index contributed by atoms with van der Waals surface area (Å²) in [6, 6.07) is 13.2. The molecule has 146 valence electrons. The van der Waals surface area contributed by atoms with E-state index in [1.54, 1.807) is 12.1 Å². The van der Waals surface area contributed by atoms with Crippen molar-refractivity contribution >= 4 is 11.9 Å². The van der Waals surface area contributed by atoms with Gasteiger partial charge in [-0.05, 0) is 37.3 Å². The summed E-state index contributed by atoms with van der Waals surface area (Å²) < 4.78 is 19.8. The molecule has 29 heavy (non-hydrogen) atoms.